The summed E-state index contributed by atoms with van der Waals surface area (Å²) in [7, 11) is 0. The maximum Gasteiger partial charge on any atom is 0.364 e. The Morgan fingerprint density at radius 1 is 0.744 bits per heavy atom. The molecule has 78 heavy (non-hydrogen) atoms. The van der Waals surface area contributed by atoms with Gasteiger partial charge in [-0.25, -0.2) is 9.59 Å². The van der Waals surface area contributed by atoms with Gasteiger partial charge in [-0.3, -0.25) is 14.4 Å². The standard InChI is InChI=1S/C45H76N4O28S/c1-4-20(56)19(49-27(60)8-6-5-7-9-46)16-71-40-34(65)33(64)36(26(15-53)73-40)74-41-35(66)39(32(63)24(13-51)72-41)78-45(43(69)70)11-22(58)29(48-18(3)55)38(77-45)31(62)25(14-52)75-44(42(67)68)10-21(57)28(47-17(2)54)37(76-44)30(61)23(59)12-50/h4,19-26,28-41,50-53,56-59,61-66H,1,5-16,46H2,2-3H3,(H,47,54)(H,48,55)(H,49,60)(H,67,68)(H,69,70)/t19-,20+,21-,22-,23+,24+,25+,26+,28+,29+,30+,31+,32-,33+,34+,35+,36+,37+,38+,39-,40+,41-,44+,45-/m0/s1. The number of hydrogen-bond acceptors (Lipinski definition) is 28. The average molecular weight is 1150 g/mol. The fraction of sp³-hybridized carbons (Fsp3) is 0.844. The molecule has 0 aromatic carbocycles. The second kappa shape index (κ2) is 30.0. The third-order valence-corrected chi connectivity index (χ3v) is 15.2. The SMILES string of the molecule is C=C[C@@H](O)[C@H](CO[C@@H]1O[C@H](CO)[C@@H](O[C@@H]2O[C@H](CO)[C@H](O)[C@H](S[C@]3(C(=O)O)C[C@H](O)[C@@H](NC(C)=O)[C@H]([C@H](O)[C@@H](CO)O[C@]4(C(=O)O)C[C@H](O)[C@@H](NC(C)=O)[C@H]([C@H](O)[C@H](O)CO)O4)O3)[C@H]2O)[C@H](O)[C@H]1O)NC(=O)CCCCCN. The number of nitrogens with one attached hydrogen (secondary N) is 3. The van der Waals surface area contributed by atoms with E-state index < -0.39 is 220 Å². The molecule has 0 aromatic rings. The van der Waals surface area contributed by atoms with Gasteiger partial charge in [0.1, 0.15) is 73.2 Å². The second-order valence-corrected chi connectivity index (χ2v) is 20.7. The van der Waals surface area contributed by atoms with Gasteiger partial charge in [0.15, 0.2) is 12.6 Å². The van der Waals surface area contributed by atoms with Gasteiger partial charge in [-0.15, -0.1) is 18.3 Å². The molecule has 4 heterocycles. The lowest BCUT2D eigenvalue weighted by Gasteiger charge is -2.51. The van der Waals surface area contributed by atoms with Crippen LogP contribution < -0.4 is 21.7 Å². The third kappa shape index (κ3) is 16.2. The van der Waals surface area contributed by atoms with Crippen LogP contribution in [0.3, 0.4) is 0 Å². The Morgan fingerprint density at radius 3 is 1.86 bits per heavy atom. The number of aliphatic hydroxyl groups excluding tert-OH is 14. The molecule has 0 aromatic heterocycles. The highest BCUT2D eigenvalue weighted by molar-refractivity contribution is 8.01. The van der Waals surface area contributed by atoms with Crippen molar-refractivity contribution in [1.29, 1.82) is 0 Å². The summed E-state index contributed by atoms with van der Waals surface area (Å²) in [5.41, 5.74) is 5.50. The number of hydrogen-bond donors (Lipinski definition) is 20. The first-order valence-electron chi connectivity index (χ1n) is 24.9. The molecular weight excluding hydrogens is 1080 g/mol. The van der Waals surface area contributed by atoms with Crippen LogP contribution >= 0.6 is 11.8 Å². The zero-order valence-corrected chi connectivity index (χ0v) is 43.3. The van der Waals surface area contributed by atoms with Crippen LogP contribution in [0.4, 0.5) is 0 Å². The molecule has 0 aliphatic carbocycles. The number of carboxylic acids is 2. The Morgan fingerprint density at radius 2 is 1.33 bits per heavy atom. The highest BCUT2D eigenvalue weighted by Crippen LogP contribution is 2.47. The van der Waals surface area contributed by atoms with Crippen molar-refractivity contribution in [3.63, 3.8) is 0 Å². The summed E-state index contributed by atoms with van der Waals surface area (Å²) in [6, 6.07) is -4.69. The van der Waals surface area contributed by atoms with Crippen LogP contribution in [-0.4, -0.2) is 295 Å². The zero-order chi connectivity index (χ0) is 58.6. The molecule has 4 aliphatic rings. The first kappa shape index (κ1) is 67.1. The minimum atomic E-state index is -3.24. The number of ether oxygens (including phenoxy) is 7. The molecule has 450 valence electrons. The van der Waals surface area contributed by atoms with Crippen LogP contribution in [0.2, 0.25) is 0 Å². The van der Waals surface area contributed by atoms with E-state index in [1.165, 1.54) is 0 Å². The number of unbranched alkanes of at least 4 members (excludes halogenated alkanes) is 2. The Labute approximate surface area is 450 Å². The molecule has 4 rings (SSSR count). The maximum absolute atomic E-state index is 13.5. The van der Waals surface area contributed by atoms with Crippen molar-refractivity contribution in [2.45, 2.75) is 197 Å². The molecule has 24 atom stereocenters. The summed E-state index contributed by atoms with van der Waals surface area (Å²) in [5.74, 6) is -9.58. The molecule has 0 unspecified atom stereocenters. The van der Waals surface area contributed by atoms with E-state index in [1.807, 2.05) is 0 Å². The van der Waals surface area contributed by atoms with Gasteiger partial charge in [0.2, 0.25) is 22.7 Å². The maximum atomic E-state index is 13.5. The Balaban J connectivity index is 1.63. The number of aliphatic hydroxyl groups is 14. The first-order chi connectivity index (χ1) is 36.7. The van der Waals surface area contributed by atoms with Crippen molar-refractivity contribution >= 4 is 41.4 Å². The Hall–Kier alpha value is -3.44. The molecule has 0 radical (unpaired) electrons. The second-order valence-electron chi connectivity index (χ2n) is 19.3. The number of rotatable bonds is 29. The summed E-state index contributed by atoms with van der Waals surface area (Å²) in [4.78, 5) is 60.7. The van der Waals surface area contributed by atoms with E-state index in [0.29, 0.717) is 25.8 Å². The Kier molecular flexibility index (Phi) is 25.8. The lowest BCUT2D eigenvalue weighted by molar-refractivity contribution is -0.349. The minimum Gasteiger partial charge on any atom is -0.478 e. The van der Waals surface area contributed by atoms with Crippen LogP contribution in [0.1, 0.15) is 52.4 Å². The predicted octanol–water partition coefficient (Wildman–Crippen LogP) is -9.76. The summed E-state index contributed by atoms with van der Waals surface area (Å²) in [5, 5.41) is 179. The number of nitrogens with two attached hydrogens (primary N) is 1. The van der Waals surface area contributed by atoms with Gasteiger partial charge in [0.05, 0.1) is 80.8 Å². The van der Waals surface area contributed by atoms with E-state index in [1.54, 1.807) is 0 Å². The van der Waals surface area contributed by atoms with Crippen LogP contribution in [0.15, 0.2) is 12.7 Å². The molecule has 33 heteroatoms. The van der Waals surface area contributed by atoms with Crippen molar-refractivity contribution in [2.24, 2.45) is 5.73 Å². The lowest BCUT2D eigenvalue weighted by Crippen LogP contribution is -2.70. The number of carbonyl (C=O) groups excluding carboxylic acids is 3. The van der Waals surface area contributed by atoms with Gasteiger partial charge >= 0.3 is 11.9 Å². The van der Waals surface area contributed by atoms with Crippen molar-refractivity contribution < 1.29 is 139 Å². The van der Waals surface area contributed by atoms with Crippen molar-refractivity contribution in [3.05, 3.63) is 12.7 Å². The van der Waals surface area contributed by atoms with E-state index >= 15 is 0 Å². The monoisotopic (exact) mass is 1150 g/mol. The predicted molar refractivity (Wildman–Crippen MR) is 257 cm³/mol. The van der Waals surface area contributed by atoms with E-state index in [0.717, 1.165) is 19.9 Å². The quantitative estimate of drug-likeness (QED) is 0.0244. The molecule has 4 saturated heterocycles. The highest BCUT2D eigenvalue weighted by atomic mass is 32.2. The molecule has 32 nitrogen and oxygen atoms in total. The molecule has 0 saturated carbocycles. The minimum absolute atomic E-state index is 0.0355. The number of carboxylic acid groups (broad SMARTS) is 2. The smallest absolute Gasteiger partial charge is 0.364 e. The third-order valence-electron chi connectivity index (χ3n) is 13.5. The summed E-state index contributed by atoms with van der Waals surface area (Å²) < 4.78 is 39.9. The molecule has 4 fully saturated rings. The fourth-order valence-corrected chi connectivity index (χ4v) is 10.9. The van der Waals surface area contributed by atoms with Gasteiger partial charge in [0.25, 0.3) is 5.79 Å². The normalized spacial score (nSPS) is 37.7. The van der Waals surface area contributed by atoms with Crippen molar-refractivity contribution in [2.75, 3.05) is 39.6 Å². The number of carbonyl (C=O) groups is 5. The van der Waals surface area contributed by atoms with Crippen LogP contribution in [0.5, 0.6) is 0 Å². The van der Waals surface area contributed by atoms with Crippen LogP contribution in [0.25, 0.3) is 0 Å². The highest BCUT2D eigenvalue weighted by Gasteiger charge is 2.62. The molecule has 0 spiro atoms. The lowest BCUT2D eigenvalue weighted by atomic mass is 9.87. The van der Waals surface area contributed by atoms with E-state index in [2.05, 4.69) is 22.5 Å². The van der Waals surface area contributed by atoms with E-state index in [4.69, 9.17) is 38.9 Å². The number of thioether (sulfide) groups is 1. The molecule has 21 N–H and O–H groups in total. The number of amides is 3. The van der Waals surface area contributed by atoms with Crippen LogP contribution in [-0.2, 0) is 57.1 Å². The van der Waals surface area contributed by atoms with Gasteiger partial charge in [0, 0.05) is 33.1 Å². The van der Waals surface area contributed by atoms with Gasteiger partial charge in [-0.2, -0.15) is 0 Å². The zero-order valence-electron chi connectivity index (χ0n) is 42.5. The largest absolute Gasteiger partial charge is 0.478 e. The van der Waals surface area contributed by atoms with E-state index in [9.17, 15) is 106 Å². The summed E-state index contributed by atoms with van der Waals surface area (Å²) >= 11 is 0.0355. The molecule has 4 aliphatic heterocycles. The summed E-state index contributed by atoms with van der Waals surface area (Å²) in [6.07, 6.45) is -36.0. The van der Waals surface area contributed by atoms with Crippen LogP contribution in [0, 0.1) is 0 Å². The van der Waals surface area contributed by atoms with Gasteiger partial charge in [-0.1, -0.05) is 12.5 Å². The van der Waals surface area contributed by atoms with E-state index in [-0.39, 0.29) is 18.2 Å². The molecular formula is C45H76N4O28S. The van der Waals surface area contributed by atoms with Gasteiger partial charge in [-0.05, 0) is 19.4 Å². The van der Waals surface area contributed by atoms with Crippen molar-refractivity contribution in [1.82, 2.24) is 16.0 Å². The average Bonchev–Trinajstić information content (AvgIpc) is 3.49. The molecule has 3 amide bonds. The van der Waals surface area contributed by atoms with Gasteiger partial charge < -0.3 is 137 Å². The first-order valence-corrected chi connectivity index (χ1v) is 25.7. The number of aliphatic carboxylic acids is 2. The Bertz CT molecular complexity index is 1970. The topological polar surface area (TPSA) is 536 Å². The van der Waals surface area contributed by atoms with Crippen molar-refractivity contribution in [3.8, 4) is 0 Å². The summed E-state index contributed by atoms with van der Waals surface area (Å²) in [6.45, 7) is 0.667. The fourth-order valence-electron chi connectivity index (χ4n) is 9.35. The molecule has 0 bridgehead atoms.